The first kappa shape index (κ1) is 21.9. The smallest absolute Gasteiger partial charge is 0.370 e. The number of nitrogens with one attached hydrogen (secondary N) is 2. The van der Waals surface area contributed by atoms with Gasteiger partial charge in [0.1, 0.15) is 10.7 Å². The molecule has 1 saturated heterocycles. The molecule has 1 aliphatic heterocycles. The molecule has 0 radical (unpaired) electrons. The van der Waals surface area contributed by atoms with Gasteiger partial charge in [-0.05, 0) is 43.2 Å². The Kier molecular flexibility index (Phi) is 6.20. The Bertz CT molecular complexity index is 1010. The summed E-state index contributed by atoms with van der Waals surface area (Å²) in [6.45, 7) is 0.393. The largest absolute Gasteiger partial charge is 0.501 e. The van der Waals surface area contributed by atoms with Gasteiger partial charge in [-0.2, -0.15) is 13.2 Å². The van der Waals surface area contributed by atoms with Gasteiger partial charge in [-0.15, -0.1) is 0 Å². The van der Waals surface area contributed by atoms with Gasteiger partial charge in [-0.25, -0.2) is 17.6 Å². The molecular formula is C19H19F4N3O3S. The van der Waals surface area contributed by atoms with Crippen molar-refractivity contribution >= 4 is 27.2 Å². The fraction of sp³-hybridized carbons (Fsp3) is 0.316. The van der Waals surface area contributed by atoms with E-state index in [2.05, 4.69) is 10.6 Å². The summed E-state index contributed by atoms with van der Waals surface area (Å²) in [7, 11) is -5.71. The van der Waals surface area contributed by atoms with Gasteiger partial charge in [0, 0.05) is 24.8 Å². The van der Waals surface area contributed by atoms with E-state index in [4.69, 9.17) is 0 Å². The molecule has 1 aliphatic rings. The van der Waals surface area contributed by atoms with E-state index in [-0.39, 0.29) is 24.8 Å². The number of halogens is 4. The van der Waals surface area contributed by atoms with E-state index >= 15 is 0 Å². The molecule has 0 saturated carbocycles. The van der Waals surface area contributed by atoms with Crippen LogP contribution < -0.4 is 15.5 Å². The lowest BCUT2D eigenvalue weighted by molar-refractivity contribution is -0.0435. The maximum Gasteiger partial charge on any atom is 0.501 e. The minimum Gasteiger partial charge on any atom is -0.370 e. The molecule has 0 aromatic heterocycles. The minimum atomic E-state index is -5.71. The van der Waals surface area contributed by atoms with Crippen LogP contribution >= 0.6 is 0 Å². The van der Waals surface area contributed by atoms with Crippen LogP contribution in [0.15, 0.2) is 53.4 Å². The second-order valence-electron chi connectivity index (χ2n) is 6.79. The molecule has 0 spiro atoms. The van der Waals surface area contributed by atoms with Crippen molar-refractivity contribution in [2.75, 3.05) is 23.3 Å². The summed E-state index contributed by atoms with van der Waals surface area (Å²) in [6.07, 6.45) is 0.760. The van der Waals surface area contributed by atoms with E-state index < -0.39 is 32.1 Å². The SMILES string of the molecule is O=C(Nc1ccccc1)NC1CCN(c2ccc(F)cc2S(=O)(=O)C(F)(F)F)CC1. The van der Waals surface area contributed by atoms with Crippen LogP contribution in [0.3, 0.4) is 0 Å². The number of urea groups is 1. The second-order valence-corrected chi connectivity index (χ2v) is 8.70. The number of alkyl halides is 3. The van der Waals surface area contributed by atoms with Crippen LogP contribution in [0.1, 0.15) is 12.8 Å². The molecule has 30 heavy (non-hydrogen) atoms. The number of amides is 2. The molecule has 2 aromatic carbocycles. The highest BCUT2D eigenvalue weighted by atomic mass is 32.2. The minimum absolute atomic E-state index is 0.197. The predicted molar refractivity (Wildman–Crippen MR) is 103 cm³/mol. The first-order valence-corrected chi connectivity index (χ1v) is 10.5. The Morgan fingerprint density at radius 3 is 2.27 bits per heavy atom. The fourth-order valence-corrected chi connectivity index (χ4v) is 4.22. The third-order valence-electron chi connectivity index (χ3n) is 4.72. The number of piperidine rings is 1. The number of rotatable bonds is 4. The summed E-state index contributed by atoms with van der Waals surface area (Å²) >= 11 is 0. The van der Waals surface area contributed by atoms with E-state index in [0.29, 0.717) is 24.6 Å². The normalized spacial score (nSPS) is 15.7. The third-order valence-corrected chi connectivity index (χ3v) is 6.23. The maximum absolute atomic E-state index is 13.5. The second kappa shape index (κ2) is 8.50. The standard InChI is InChI=1S/C19H19F4N3O3S/c20-13-6-7-16(17(12-13)30(28,29)19(21,22)23)26-10-8-15(9-11-26)25-18(27)24-14-4-2-1-3-5-14/h1-7,12,15H,8-11H2,(H2,24,25,27). The zero-order valence-electron chi connectivity index (χ0n) is 15.6. The molecule has 2 aromatic rings. The molecule has 2 N–H and O–H groups in total. The van der Waals surface area contributed by atoms with E-state index in [1.165, 1.54) is 4.90 Å². The first-order valence-electron chi connectivity index (χ1n) is 9.06. The van der Waals surface area contributed by atoms with Gasteiger partial charge in [-0.1, -0.05) is 18.2 Å². The van der Waals surface area contributed by atoms with Crippen LogP contribution in [-0.4, -0.2) is 39.1 Å². The summed E-state index contributed by atoms with van der Waals surface area (Å²) in [5, 5.41) is 5.46. The van der Waals surface area contributed by atoms with Gasteiger partial charge >= 0.3 is 11.5 Å². The van der Waals surface area contributed by atoms with Gasteiger partial charge in [0.2, 0.25) is 0 Å². The van der Waals surface area contributed by atoms with E-state index in [1.54, 1.807) is 24.3 Å². The van der Waals surface area contributed by atoms with E-state index in [1.807, 2.05) is 6.07 Å². The van der Waals surface area contributed by atoms with Crippen molar-refractivity contribution in [3.8, 4) is 0 Å². The molecule has 1 fully saturated rings. The van der Waals surface area contributed by atoms with Crippen LogP contribution in [0.5, 0.6) is 0 Å². The highest BCUT2D eigenvalue weighted by Crippen LogP contribution is 2.37. The zero-order valence-corrected chi connectivity index (χ0v) is 16.4. The Labute approximate surface area is 170 Å². The van der Waals surface area contributed by atoms with Crippen molar-refractivity contribution < 1.29 is 30.8 Å². The average Bonchev–Trinajstić information content (AvgIpc) is 2.68. The fourth-order valence-electron chi connectivity index (χ4n) is 3.23. The quantitative estimate of drug-likeness (QED) is 0.700. The molecule has 162 valence electrons. The number of carbonyl (C=O) groups is 1. The molecule has 1 heterocycles. The summed E-state index contributed by atoms with van der Waals surface area (Å²) < 4.78 is 76.2. The van der Waals surface area contributed by atoms with Crippen LogP contribution in [-0.2, 0) is 9.84 Å². The number of sulfone groups is 1. The van der Waals surface area contributed by atoms with Gasteiger partial charge < -0.3 is 15.5 Å². The maximum atomic E-state index is 13.5. The van der Waals surface area contributed by atoms with Crippen molar-refractivity contribution in [3.05, 3.63) is 54.3 Å². The van der Waals surface area contributed by atoms with Crippen LogP contribution in [0, 0.1) is 5.82 Å². The molecule has 11 heteroatoms. The number of hydrogen-bond acceptors (Lipinski definition) is 4. The van der Waals surface area contributed by atoms with Crippen molar-refractivity contribution in [2.24, 2.45) is 0 Å². The average molecular weight is 445 g/mol. The number of para-hydroxylation sites is 1. The first-order chi connectivity index (χ1) is 14.1. The third kappa shape index (κ3) is 4.84. The summed E-state index contributed by atoms with van der Waals surface area (Å²) in [5.74, 6) is -1.07. The highest BCUT2D eigenvalue weighted by molar-refractivity contribution is 7.92. The number of benzene rings is 2. The van der Waals surface area contributed by atoms with Gasteiger partial charge in [0.25, 0.3) is 9.84 Å². The van der Waals surface area contributed by atoms with Crippen LogP contribution in [0.2, 0.25) is 0 Å². The lowest BCUT2D eigenvalue weighted by Crippen LogP contribution is -2.46. The van der Waals surface area contributed by atoms with E-state index in [0.717, 1.165) is 12.1 Å². The number of nitrogens with zero attached hydrogens (tertiary/aromatic N) is 1. The van der Waals surface area contributed by atoms with Gasteiger partial charge in [0.15, 0.2) is 0 Å². The summed E-state index contributed by atoms with van der Waals surface area (Å²) in [4.78, 5) is 12.4. The van der Waals surface area contributed by atoms with Gasteiger partial charge in [0.05, 0.1) is 5.69 Å². The molecular weight excluding hydrogens is 426 g/mol. The summed E-state index contributed by atoms with van der Waals surface area (Å²) in [5.41, 5.74) is -5.13. The molecule has 0 aliphatic carbocycles. The van der Waals surface area contributed by atoms with Crippen LogP contribution in [0.25, 0.3) is 0 Å². The Hall–Kier alpha value is -2.82. The molecule has 6 nitrogen and oxygen atoms in total. The predicted octanol–water partition coefficient (Wildman–Crippen LogP) is 3.91. The highest BCUT2D eigenvalue weighted by Gasteiger charge is 2.48. The van der Waals surface area contributed by atoms with Crippen molar-refractivity contribution in [3.63, 3.8) is 0 Å². The van der Waals surface area contributed by atoms with Crippen LogP contribution in [0.4, 0.5) is 33.7 Å². The van der Waals surface area contributed by atoms with Crippen molar-refractivity contribution in [2.45, 2.75) is 29.3 Å². The van der Waals surface area contributed by atoms with E-state index in [9.17, 15) is 30.8 Å². The van der Waals surface area contributed by atoms with Crippen molar-refractivity contribution in [1.82, 2.24) is 5.32 Å². The zero-order chi connectivity index (χ0) is 21.9. The molecule has 3 rings (SSSR count). The Morgan fingerprint density at radius 2 is 1.67 bits per heavy atom. The van der Waals surface area contributed by atoms with Crippen molar-refractivity contribution in [1.29, 1.82) is 0 Å². The molecule has 0 bridgehead atoms. The molecule has 2 amide bonds. The number of carbonyl (C=O) groups excluding carboxylic acids is 1. The van der Waals surface area contributed by atoms with Gasteiger partial charge in [-0.3, -0.25) is 0 Å². The summed E-state index contributed by atoms with van der Waals surface area (Å²) in [6, 6.07) is 10.5. The lowest BCUT2D eigenvalue weighted by Gasteiger charge is -2.35. The topological polar surface area (TPSA) is 78.5 Å². The molecule has 0 atom stereocenters. The number of anilines is 2. The number of hydrogen-bond donors (Lipinski definition) is 2. The molecule has 0 unspecified atom stereocenters. The monoisotopic (exact) mass is 445 g/mol. The Balaban J connectivity index is 1.68. The lowest BCUT2D eigenvalue weighted by atomic mass is 10.0. The Morgan fingerprint density at radius 1 is 1.03 bits per heavy atom.